The van der Waals surface area contributed by atoms with E-state index in [1.165, 1.54) is 26.4 Å². The van der Waals surface area contributed by atoms with E-state index in [1.54, 1.807) is 31.4 Å². The molecule has 0 N–H and O–H groups in total. The van der Waals surface area contributed by atoms with E-state index in [0.717, 1.165) is 31.6 Å². The zero-order valence-corrected chi connectivity index (χ0v) is 17.1. The second kappa shape index (κ2) is 9.60. The number of amides is 1. The molecule has 1 saturated heterocycles. The number of carbonyl (C=O) groups excluding carboxylic acids is 1. The van der Waals surface area contributed by atoms with E-state index >= 15 is 0 Å². The lowest BCUT2D eigenvalue weighted by molar-refractivity contribution is 0.0757. The van der Waals surface area contributed by atoms with Crippen molar-refractivity contribution in [3.8, 4) is 17.2 Å². The van der Waals surface area contributed by atoms with Crippen molar-refractivity contribution in [2.75, 3.05) is 47.5 Å². The Hall–Kier alpha value is -2.80. The van der Waals surface area contributed by atoms with Crippen molar-refractivity contribution in [1.82, 2.24) is 9.80 Å². The molecular formula is C22H27FN2O4. The molecule has 0 spiro atoms. The maximum absolute atomic E-state index is 13.2. The highest BCUT2D eigenvalue weighted by Gasteiger charge is 2.25. The Bertz CT molecular complexity index is 841. The number of hydrogen-bond donors (Lipinski definition) is 0. The number of carbonyl (C=O) groups is 1. The van der Waals surface area contributed by atoms with Crippen molar-refractivity contribution >= 4 is 5.91 Å². The number of methoxy groups -OCH3 is 3. The molecule has 2 aromatic rings. The molecular weight excluding hydrogens is 375 g/mol. The van der Waals surface area contributed by atoms with E-state index in [-0.39, 0.29) is 11.7 Å². The number of nitrogens with zero attached hydrogens (tertiary/aromatic N) is 2. The van der Waals surface area contributed by atoms with Crippen molar-refractivity contribution in [3.63, 3.8) is 0 Å². The summed E-state index contributed by atoms with van der Waals surface area (Å²) in [5.41, 5.74) is 1.52. The summed E-state index contributed by atoms with van der Waals surface area (Å²) in [6, 6.07) is 9.90. The lowest BCUT2D eigenvalue weighted by Gasteiger charge is -2.23. The normalized spacial score (nSPS) is 15.0. The molecule has 1 amide bonds. The fraction of sp³-hybridized carbons (Fsp3) is 0.409. The summed E-state index contributed by atoms with van der Waals surface area (Å²) < 4.78 is 29.2. The van der Waals surface area contributed by atoms with Crippen LogP contribution in [0, 0.1) is 5.82 Å². The van der Waals surface area contributed by atoms with Gasteiger partial charge in [-0.05, 0) is 24.1 Å². The van der Waals surface area contributed by atoms with Crippen LogP contribution in [0.25, 0.3) is 0 Å². The molecule has 1 aliphatic heterocycles. The fourth-order valence-corrected chi connectivity index (χ4v) is 3.55. The van der Waals surface area contributed by atoms with Gasteiger partial charge in [0.25, 0.3) is 5.91 Å². The van der Waals surface area contributed by atoms with Crippen LogP contribution in [-0.2, 0) is 6.54 Å². The van der Waals surface area contributed by atoms with Crippen LogP contribution in [0.3, 0.4) is 0 Å². The van der Waals surface area contributed by atoms with Crippen LogP contribution < -0.4 is 14.2 Å². The van der Waals surface area contributed by atoms with E-state index < -0.39 is 0 Å². The first-order valence-corrected chi connectivity index (χ1v) is 9.61. The SMILES string of the molecule is COc1cc(OC)c(C(=O)N2CCCN(Cc3ccc(F)cc3)CC2)cc1OC. The summed E-state index contributed by atoms with van der Waals surface area (Å²) in [5.74, 6) is 1.14. The maximum Gasteiger partial charge on any atom is 0.257 e. The van der Waals surface area contributed by atoms with E-state index in [9.17, 15) is 9.18 Å². The molecule has 6 nitrogen and oxygen atoms in total. The minimum absolute atomic E-state index is 0.0913. The highest BCUT2D eigenvalue weighted by atomic mass is 19.1. The van der Waals surface area contributed by atoms with Crippen LogP contribution in [0.1, 0.15) is 22.3 Å². The van der Waals surface area contributed by atoms with Gasteiger partial charge in [-0.15, -0.1) is 0 Å². The van der Waals surface area contributed by atoms with Crippen molar-refractivity contribution < 1.29 is 23.4 Å². The average Bonchev–Trinajstić information content (AvgIpc) is 2.99. The van der Waals surface area contributed by atoms with E-state index in [4.69, 9.17) is 14.2 Å². The molecule has 0 bridgehead atoms. The molecule has 0 radical (unpaired) electrons. The molecule has 7 heteroatoms. The van der Waals surface area contributed by atoms with E-state index in [0.29, 0.717) is 35.9 Å². The smallest absolute Gasteiger partial charge is 0.257 e. The zero-order valence-electron chi connectivity index (χ0n) is 17.1. The summed E-state index contributed by atoms with van der Waals surface area (Å²) in [5, 5.41) is 0. The highest BCUT2D eigenvalue weighted by Crippen LogP contribution is 2.35. The van der Waals surface area contributed by atoms with Gasteiger partial charge in [-0.2, -0.15) is 0 Å². The minimum Gasteiger partial charge on any atom is -0.496 e. The van der Waals surface area contributed by atoms with Crippen LogP contribution >= 0.6 is 0 Å². The number of rotatable bonds is 6. The first kappa shape index (κ1) is 20.9. The molecule has 2 aromatic carbocycles. The lowest BCUT2D eigenvalue weighted by atomic mass is 10.1. The molecule has 1 aliphatic rings. The average molecular weight is 402 g/mol. The van der Waals surface area contributed by atoms with Crippen LogP contribution in [0.5, 0.6) is 17.2 Å². The number of ether oxygens (including phenoxy) is 3. The summed E-state index contributed by atoms with van der Waals surface area (Å²) in [6.07, 6.45) is 0.864. The molecule has 0 aliphatic carbocycles. The lowest BCUT2D eigenvalue weighted by Crippen LogP contribution is -2.35. The number of halogens is 1. The van der Waals surface area contributed by atoms with Crippen molar-refractivity contribution in [3.05, 3.63) is 53.3 Å². The standard InChI is InChI=1S/C22H27FN2O4/c1-27-19-14-21(29-3)20(28-2)13-18(19)22(26)25-10-4-9-24(11-12-25)15-16-5-7-17(23)8-6-16/h5-8,13-14H,4,9-12,15H2,1-3H3. The molecule has 1 fully saturated rings. The van der Waals surface area contributed by atoms with Crippen molar-refractivity contribution in [1.29, 1.82) is 0 Å². The summed E-state index contributed by atoms with van der Waals surface area (Å²) in [4.78, 5) is 17.3. The molecule has 29 heavy (non-hydrogen) atoms. The zero-order chi connectivity index (χ0) is 20.8. The molecule has 0 atom stereocenters. The summed E-state index contributed by atoms with van der Waals surface area (Å²) >= 11 is 0. The second-order valence-corrected chi connectivity index (χ2v) is 6.96. The second-order valence-electron chi connectivity index (χ2n) is 6.96. The van der Waals surface area contributed by atoms with E-state index in [1.807, 2.05) is 4.90 Å². The third kappa shape index (κ3) is 4.98. The Balaban J connectivity index is 1.71. The predicted octanol–water partition coefficient (Wildman–Crippen LogP) is 3.20. The largest absolute Gasteiger partial charge is 0.496 e. The third-order valence-corrected chi connectivity index (χ3v) is 5.13. The van der Waals surface area contributed by atoms with Gasteiger partial charge < -0.3 is 19.1 Å². The maximum atomic E-state index is 13.2. The minimum atomic E-state index is -0.231. The fourth-order valence-electron chi connectivity index (χ4n) is 3.55. The van der Waals surface area contributed by atoms with Crippen molar-refractivity contribution in [2.24, 2.45) is 0 Å². The Morgan fingerprint density at radius 3 is 2.21 bits per heavy atom. The van der Waals surface area contributed by atoms with Gasteiger partial charge >= 0.3 is 0 Å². The van der Waals surface area contributed by atoms with Gasteiger partial charge in [0.2, 0.25) is 0 Å². The van der Waals surface area contributed by atoms with E-state index in [2.05, 4.69) is 4.90 Å². The Labute approximate surface area is 170 Å². The topological polar surface area (TPSA) is 51.2 Å². The van der Waals surface area contributed by atoms with Gasteiger partial charge in [-0.3, -0.25) is 9.69 Å². The molecule has 156 valence electrons. The molecule has 0 aromatic heterocycles. The Kier molecular flexibility index (Phi) is 6.93. The van der Waals surface area contributed by atoms with Crippen LogP contribution in [-0.4, -0.2) is 63.2 Å². The summed E-state index contributed by atoms with van der Waals surface area (Å²) in [7, 11) is 4.62. The van der Waals surface area contributed by atoms with Gasteiger partial charge in [0.05, 0.1) is 26.9 Å². The molecule has 3 rings (SSSR count). The number of benzene rings is 2. The van der Waals surface area contributed by atoms with Crippen molar-refractivity contribution in [2.45, 2.75) is 13.0 Å². The van der Waals surface area contributed by atoms with Gasteiger partial charge in [-0.25, -0.2) is 4.39 Å². The quantitative estimate of drug-likeness (QED) is 0.743. The first-order valence-electron chi connectivity index (χ1n) is 9.61. The van der Waals surface area contributed by atoms with Crippen LogP contribution in [0.2, 0.25) is 0 Å². The van der Waals surface area contributed by atoms with Crippen LogP contribution in [0.15, 0.2) is 36.4 Å². The third-order valence-electron chi connectivity index (χ3n) is 5.13. The van der Waals surface area contributed by atoms with Crippen LogP contribution in [0.4, 0.5) is 4.39 Å². The van der Waals surface area contributed by atoms with Gasteiger partial charge in [0.15, 0.2) is 11.5 Å². The monoisotopic (exact) mass is 402 g/mol. The van der Waals surface area contributed by atoms with Gasteiger partial charge in [-0.1, -0.05) is 12.1 Å². The molecule has 1 heterocycles. The molecule has 0 unspecified atom stereocenters. The Morgan fingerprint density at radius 2 is 1.55 bits per heavy atom. The Morgan fingerprint density at radius 1 is 0.897 bits per heavy atom. The van der Waals surface area contributed by atoms with Gasteiger partial charge in [0, 0.05) is 44.9 Å². The molecule has 0 saturated carbocycles. The predicted molar refractivity (Wildman–Crippen MR) is 108 cm³/mol. The highest BCUT2D eigenvalue weighted by molar-refractivity contribution is 5.97. The first-order chi connectivity index (χ1) is 14.0. The number of hydrogen-bond acceptors (Lipinski definition) is 5. The van der Waals surface area contributed by atoms with Gasteiger partial charge in [0.1, 0.15) is 11.6 Å². The summed E-state index contributed by atoms with van der Waals surface area (Å²) in [6.45, 7) is 3.64.